The van der Waals surface area contributed by atoms with E-state index in [9.17, 15) is 4.79 Å². The summed E-state index contributed by atoms with van der Waals surface area (Å²) < 4.78 is 16.7. The van der Waals surface area contributed by atoms with Crippen LogP contribution in [0.4, 0.5) is 0 Å². The van der Waals surface area contributed by atoms with Gasteiger partial charge in [0, 0.05) is 37.7 Å². The molecule has 0 saturated carbocycles. The minimum atomic E-state index is -1.01. The molecule has 2 saturated heterocycles. The summed E-state index contributed by atoms with van der Waals surface area (Å²) >= 11 is 0. The lowest BCUT2D eigenvalue weighted by Gasteiger charge is -2.43. The second-order valence-electron chi connectivity index (χ2n) is 5.53. The third-order valence-corrected chi connectivity index (χ3v) is 4.25. The van der Waals surface area contributed by atoms with Gasteiger partial charge in [-0.1, -0.05) is 6.92 Å². The predicted octanol–water partition coefficient (Wildman–Crippen LogP) is 1.53. The van der Waals surface area contributed by atoms with Gasteiger partial charge in [-0.05, 0) is 12.5 Å². The second kappa shape index (κ2) is 6.17. The van der Waals surface area contributed by atoms with Gasteiger partial charge >= 0.3 is 5.97 Å². The molecule has 6 nitrogen and oxygen atoms in total. The Morgan fingerprint density at radius 2 is 2.33 bits per heavy atom. The van der Waals surface area contributed by atoms with Gasteiger partial charge in [-0.25, -0.2) is 4.79 Å². The maximum absolute atomic E-state index is 11.1. The quantitative estimate of drug-likeness (QED) is 0.908. The van der Waals surface area contributed by atoms with Gasteiger partial charge in [-0.15, -0.1) is 0 Å². The molecule has 0 bridgehead atoms. The highest BCUT2D eigenvalue weighted by Gasteiger charge is 2.35. The molecule has 1 N–H and O–H groups in total. The number of morpholine rings is 1. The van der Waals surface area contributed by atoms with Crippen LogP contribution in [-0.2, 0) is 22.4 Å². The van der Waals surface area contributed by atoms with Gasteiger partial charge in [-0.2, -0.15) is 0 Å². The fraction of sp³-hybridized carbons (Fsp3) is 0.667. The number of ether oxygens (including phenoxy) is 2. The van der Waals surface area contributed by atoms with E-state index in [2.05, 4.69) is 4.90 Å². The van der Waals surface area contributed by atoms with E-state index in [0.717, 1.165) is 30.9 Å². The van der Waals surface area contributed by atoms with Crippen LogP contribution in [0.3, 0.4) is 0 Å². The Morgan fingerprint density at radius 3 is 3.10 bits per heavy atom. The molecule has 0 spiro atoms. The fourth-order valence-corrected chi connectivity index (χ4v) is 3.18. The minimum absolute atomic E-state index is 0.0265. The Labute approximate surface area is 123 Å². The summed E-state index contributed by atoms with van der Waals surface area (Å²) in [6, 6.07) is 2.01. The Hall–Kier alpha value is -1.37. The van der Waals surface area contributed by atoms with Gasteiger partial charge in [0.25, 0.3) is 0 Å². The van der Waals surface area contributed by atoms with E-state index in [0.29, 0.717) is 32.2 Å². The zero-order valence-corrected chi connectivity index (χ0v) is 12.2. The Balaban J connectivity index is 1.77. The van der Waals surface area contributed by atoms with E-state index in [-0.39, 0.29) is 11.9 Å². The maximum Gasteiger partial charge on any atom is 0.371 e. The number of carboxylic acids is 1. The van der Waals surface area contributed by atoms with Crippen LogP contribution in [0, 0.1) is 0 Å². The summed E-state index contributed by atoms with van der Waals surface area (Å²) in [5.74, 6) is -0.219. The third kappa shape index (κ3) is 2.97. The Bertz CT molecular complexity index is 510. The lowest BCUT2D eigenvalue weighted by atomic mass is 10.0. The van der Waals surface area contributed by atoms with Crippen molar-refractivity contribution in [3.05, 3.63) is 23.2 Å². The molecule has 2 aliphatic heterocycles. The first-order valence-corrected chi connectivity index (χ1v) is 7.47. The molecule has 0 amide bonds. The van der Waals surface area contributed by atoms with Crippen LogP contribution in [0.15, 0.2) is 10.5 Å². The van der Waals surface area contributed by atoms with E-state index in [4.69, 9.17) is 19.0 Å². The standard InChI is InChI=1S/C15H21NO5/c1-2-12-10(7-13(21-12)15(17)18)8-16-4-6-20-14-9-19-5-3-11(14)16/h7,11,14H,2-6,8-9H2,1H3,(H,17,18)/t11-,14+/m0/s1. The lowest BCUT2D eigenvalue weighted by Crippen LogP contribution is -2.55. The minimum Gasteiger partial charge on any atom is -0.475 e. The van der Waals surface area contributed by atoms with Crippen LogP contribution < -0.4 is 0 Å². The van der Waals surface area contributed by atoms with Crippen molar-refractivity contribution < 1.29 is 23.8 Å². The van der Waals surface area contributed by atoms with Crippen LogP contribution in [0.2, 0.25) is 0 Å². The first-order valence-electron chi connectivity index (χ1n) is 7.47. The molecule has 0 aromatic carbocycles. The molecule has 1 aromatic rings. The molecule has 2 aliphatic rings. The zero-order valence-electron chi connectivity index (χ0n) is 12.2. The van der Waals surface area contributed by atoms with E-state index < -0.39 is 5.97 Å². The number of aryl methyl sites for hydroxylation is 1. The highest BCUT2D eigenvalue weighted by atomic mass is 16.5. The monoisotopic (exact) mass is 295 g/mol. The third-order valence-electron chi connectivity index (χ3n) is 4.25. The molecule has 2 fully saturated rings. The fourth-order valence-electron chi connectivity index (χ4n) is 3.18. The summed E-state index contributed by atoms with van der Waals surface area (Å²) in [5, 5.41) is 9.07. The van der Waals surface area contributed by atoms with Gasteiger partial charge in [-0.3, -0.25) is 4.90 Å². The van der Waals surface area contributed by atoms with Gasteiger partial charge in [0.05, 0.1) is 19.3 Å². The lowest BCUT2D eigenvalue weighted by molar-refractivity contribution is -0.137. The molecular weight excluding hydrogens is 274 g/mol. The number of aromatic carboxylic acids is 1. The number of furan rings is 1. The Morgan fingerprint density at radius 1 is 1.48 bits per heavy atom. The first kappa shape index (κ1) is 14.6. The van der Waals surface area contributed by atoms with Crippen LogP contribution in [0.25, 0.3) is 0 Å². The summed E-state index contributed by atoms with van der Waals surface area (Å²) in [5.41, 5.74) is 0.974. The second-order valence-corrected chi connectivity index (χ2v) is 5.53. The largest absolute Gasteiger partial charge is 0.475 e. The van der Waals surface area contributed by atoms with Crippen molar-refractivity contribution in [1.29, 1.82) is 0 Å². The van der Waals surface area contributed by atoms with Crippen molar-refractivity contribution in [1.82, 2.24) is 4.90 Å². The summed E-state index contributed by atoms with van der Waals surface area (Å²) in [6.07, 6.45) is 1.78. The summed E-state index contributed by atoms with van der Waals surface area (Å²) in [4.78, 5) is 13.4. The topological polar surface area (TPSA) is 72.1 Å². The highest BCUT2D eigenvalue weighted by Crippen LogP contribution is 2.26. The Kier molecular flexibility index (Phi) is 4.28. The first-order chi connectivity index (χ1) is 10.2. The normalized spacial score (nSPS) is 26.5. The van der Waals surface area contributed by atoms with Crippen molar-refractivity contribution >= 4 is 5.97 Å². The molecule has 6 heteroatoms. The number of rotatable bonds is 4. The molecular formula is C15H21NO5. The van der Waals surface area contributed by atoms with Crippen LogP contribution in [-0.4, -0.2) is 54.5 Å². The molecule has 21 heavy (non-hydrogen) atoms. The number of hydrogen-bond donors (Lipinski definition) is 1. The number of hydrogen-bond acceptors (Lipinski definition) is 5. The number of fused-ring (bicyclic) bond motifs is 1. The summed E-state index contributed by atoms with van der Waals surface area (Å²) in [6.45, 7) is 5.64. The van der Waals surface area contributed by atoms with E-state index in [1.165, 1.54) is 0 Å². The van der Waals surface area contributed by atoms with Crippen molar-refractivity contribution in [2.75, 3.05) is 26.4 Å². The molecule has 1 aromatic heterocycles. The molecule has 0 unspecified atom stereocenters. The smallest absolute Gasteiger partial charge is 0.371 e. The predicted molar refractivity (Wildman–Crippen MR) is 74.4 cm³/mol. The average Bonchev–Trinajstić information content (AvgIpc) is 2.91. The summed E-state index contributed by atoms with van der Waals surface area (Å²) in [7, 11) is 0. The van der Waals surface area contributed by atoms with Gasteiger partial charge in [0.15, 0.2) is 0 Å². The molecule has 0 radical (unpaired) electrons. The number of nitrogens with zero attached hydrogens (tertiary/aromatic N) is 1. The van der Waals surface area contributed by atoms with Gasteiger partial charge < -0.3 is 19.0 Å². The molecule has 3 heterocycles. The SMILES string of the molecule is CCc1oc(C(=O)O)cc1CN1CCO[C@@H]2COCC[C@@H]21. The van der Waals surface area contributed by atoms with E-state index >= 15 is 0 Å². The van der Waals surface area contributed by atoms with Crippen molar-refractivity contribution in [3.63, 3.8) is 0 Å². The van der Waals surface area contributed by atoms with Crippen molar-refractivity contribution in [2.24, 2.45) is 0 Å². The van der Waals surface area contributed by atoms with Gasteiger partial charge in [0.2, 0.25) is 5.76 Å². The van der Waals surface area contributed by atoms with Crippen molar-refractivity contribution in [3.8, 4) is 0 Å². The van der Waals surface area contributed by atoms with Crippen molar-refractivity contribution in [2.45, 2.75) is 38.5 Å². The average molecular weight is 295 g/mol. The number of carboxylic acid groups (broad SMARTS) is 1. The van der Waals surface area contributed by atoms with E-state index in [1.54, 1.807) is 6.07 Å². The molecule has 116 valence electrons. The number of carbonyl (C=O) groups is 1. The van der Waals surface area contributed by atoms with Crippen LogP contribution in [0.5, 0.6) is 0 Å². The van der Waals surface area contributed by atoms with Crippen LogP contribution in [0.1, 0.15) is 35.2 Å². The maximum atomic E-state index is 11.1. The highest BCUT2D eigenvalue weighted by molar-refractivity contribution is 5.84. The zero-order chi connectivity index (χ0) is 14.8. The molecule has 2 atom stereocenters. The van der Waals surface area contributed by atoms with Crippen LogP contribution >= 0.6 is 0 Å². The van der Waals surface area contributed by atoms with E-state index in [1.807, 2.05) is 6.92 Å². The molecule has 0 aliphatic carbocycles. The van der Waals surface area contributed by atoms with Gasteiger partial charge in [0.1, 0.15) is 5.76 Å². The molecule has 3 rings (SSSR count).